The van der Waals surface area contributed by atoms with E-state index < -0.39 is 0 Å². The second kappa shape index (κ2) is 4.94. The van der Waals surface area contributed by atoms with Crippen LogP contribution in [0.5, 0.6) is 0 Å². The number of alkyl halides is 1. The highest BCUT2D eigenvalue weighted by Crippen LogP contribution is 2.22. The molecule has 0 amide bonds. The van der Waals surface area contributed by atoms with E-state index in [-0.39, 0.29) is 0 Å². The Balaban J connectivity index is 2.19. The van der Waals surface area contributed by atoms with Crippen molar-refractivity contribution < 1.29 is 0 Å². The zero-order chi connectivity index (χ0) is 13.4. The van der Waals surface area contributed by atoms with Crippen molar-refractivity contribution in [1.82, 2.24) is 24.3 Å². The lowest BCUT2D eigenvalue weighted by Crippen LogP contribution is -2.09. The fraction of sp³-hybridized carbons (Fsp3) is 0.417. The van der Waals surface area contributed by atoms with Gasteiger partial charge in [-0.3, -0.25) is 0 Å². The molecule has 0 unspecified atom stereocenters. The fourth-order valence-electron chi connectivity index (χ4n) is 2.24. The Morgan fingerprint density at radius 2 is 2.26 bits per heavy atom. The van der Waals surface area contributed by atoms with Crippen LogP contribution in [0.4, 0.5) is 0 Å². The van der Waals surface area contributed by atoms with Gasteiger partial charge >= 0.3 is 0 Å². The minimum atomic E-state index is 0.391. The van der Waals surface area contributed by atoms with Gasteiger partial charge in [0.15, 0.2) is 5.65 Å². The van der Waals surface area contributed by atoms with Crippen LogP contribution in [0.25, 0.3) is 11.2 Å². The van der Waals surface area contributed by atoms with Gasteiger partial charge in [0, 0.05) is 11.9 Å². The summed E-state index contributed by atoms with van der Waals surface area (Å²) < 4.78 is 4.08. The molecular formula is C12H14ClN5S. The highest BCUT2D eigenvalue weighted by molar-refractivity contribution is 7.07. The van der Waals surface area contributed by atoms with Crippen molar-refractivity contribution in [2.24, 2.45) is 0 Å². The van der Waals surface area contributed by atoms with Gasteiger partial charge in [0.1, 0.15) is 11.3 Å². The van der Waals surface area contributed by atoms with Gasteiger partial charge in [-0.2, -0.15) is 5.10 Å². The van der Waals surface area contributed by atoms with Gasteiger partial charge in [-0.1, -0.05) is 0 Å². The molecule has 0 aromatic carbocycles. The summed E-state index contributed by atoms with van der Waals surface area (Å²) in [7, 11) is 0. The van der Waals surface area contributed by atoms with Gasteiger partial charge in [0.05, 0.1) is 29.3 Å². The second-order valence-electron chi connectivity index (χ2n) is 4.30. The Kier molecular flexibility index (Phi) is 3.28. The van der Waals surface area contributed by atoms with E-state index in [2.05, 4.69) is 26.6 Å². The molecule has 0 saturated heterocycles. The summed E-state index contributed by atoms with van der Waals surface area (Å²) in [4.78, 5) is 8.94. The Labute approximate surface area is 119 Å². The van der Waals surface area contributed by atoms with Crippen LogP contribution >= 0.6 is 22.9 Å². The quantitative estimate of drug-likeness (QED) is 0.695. The third-order valence-corrected chi connectivity index (χ3v) is 3.97. The number of halogens is 1. The number of nitrogens with zero attached hydrogens (tertiary/aromatic N) is 5. The fourth-order valence-corrected chi connectivity index (χ4v) is 2.99. The van der Waals surface area contributed by atoms with Crippen LogP contribution in [0.3, 0.4) is 0 Å². The molecular weight excluding hydrogens is 282 g/mol. The van der Waals surface area contributed by atoms with Crippen molar-refractivity contribution in [1.29, 1.82) is 0 Å². The van der Waals surface area contributed by atoms with Crippen LogP contribution in [-0.4, -0.2) is 24.3 Å². The molecule has 100 valence electrons. The third-order valence-electron chi connectivity index (χ3n) is 3.10. The normalized spacial score (nSPS) is 11.5. The second-order valence-corrected chi connectivity index (χ2v) is 5.29. The lowest BCUT2D eigenvalue weighted by Gasteiger charge is -2.07. The van der Waals surface area contributed by atoms with Gasteiger partial charge in [-0.25, -0.2) is 14.6 Å². The van der Waals surface area contributed by atoms with Crippen molar-refractivity contribution in [3.8, 4) is 0 Å². The SMILES string of the molecule is CCn1nc(C)c2nc(CCl)n(Cc3cscn3)c21. The molecule has 0 fully saturated rings. The molecule has 5 nitrogen and oxygen atoms in total. The van der Waals surface area contributed by atoms with Crippen LogP contribution in [0.15, 0.2) is 10.9 Å². The zero-order valence-electron chi connectivity index (χ0n) is 10.8. The molecule has 3 aromatic rings. The molecule has 0 aliphatic carbocycles. The topological polar surface area (TPSA) is 48.5 Å². The molecule has 19 heavy (non-hydrogen) atoms. The first kappa shape index (κ1) is 12.6. The molecule has 7 heteroatoms. The smallest absolute Gasteiger partial charge is 0.159 e. The molecule has 0 spiro atoms. The van der Waals surface area contributed by atoms with E-state index in [0.29, 0.717) is 12.4 Å². The number of thiazole rings is 1. The van der Waals surface area contributed by atoms with Crippen LogP contribution < -0.4 is 0 Å². The number of fused-ring (bicyclic) bond motifs is 1. The molecule has 0 radical (unpaired) electrons. The van der Waals surface area contributed by atoms with Gasteiger partial charge in [-0.05, 0) is 13.8 Å². The van der Waals surface area contributed by atoms with Crippen LogP contribution in [0.2, 0.25) is 0 Å². The molecule has 0 N–H and O–H groups in total. The van der Waals surface area contributed by atoms with Crippen LogP contribution in [0, 0.1) is 6.92 Å². The predicted octanol–water partition coefficient (Wildman–Crippen LogP) is 2.80. The van der Waals surface area contributed by atoms with E-state index in [0.717, 1.165) is 34.9 Å². The maximum absolute atomic E-state index is 6.02. The number of rotatable bonds is 4. The van der Waals surface area contributed by atoms with Crippen LogP contribution in [-0.2, 0) is 19.0 Å². The highest BCUT2D eigenvalue weighted by Gasteiger charge is 2.18. The summed E-state index contributed by atoms with van der Waals surface area (Å²) in [6, 6.07) is 0. The largest absolute Gasteiger partial charge is 0.306 e. The lowest BCUT2D eigenvalue weighted by atomic mass is 10.4. The first-order valence-corrected chi connectivity index (χ1v) is 7.57. The Morgan fingerprint density at radius 1 is 1.42 bits per heavy atom. The zero-order valence-corrected chi connectivity index (χ0v) is 12.4. The van der Waals surface area contributed by atoms with Crippen molar-refractivity contribution in [2.45, 2.75) is 32.8 Å². The maximum Gasteiger partial charge on any atom is 0.159 e. The molecule has 3 rings (SSSR count). The van der Waals surface area contributed by atoms with Gasteiger partial charge in [-0.15, -0.1) is 22.9 Å². The number of imidazole rings is 1. The van der Waals surface area contributed by atoms with Gasteiger partial charge in [0.2, 0.25) is 0 Å². The molecule has 0 atom stereocenters. The van der Waals surface area contributed by atoms with Crippen molar-refractivity contribution in [3.63, 3.8) is 0 Å². The first-order chi connectivity index (χ1) is 9.24. The Morgan fingerprint density at radius 3 is 2.89 bits per heavy atom. The minimum absolute atomic E-state index is 0.391. The summed E-state index contributed by atoms with van der Waals surface area (Å²) in [6.07, 6.45) is 0. The van der Waals surface area contributed by atoms with E-state index in [4.69, 9.17) is 11.6 Å². The molecule has 0 aliphatic rings. The van der Waals surface area contributed by atoms with Crippen molar-refractivity contribution >= 4 is 34.1 Å². The Bertz CT molecular complexity index is 697. The number of aromatic nitrogens is 5. The van der Waals surface area contributed by atoms with Gasteiger partial charge in [0.25, 0.3) is 0 Å². The number of hydrogen-bond donors (Lipinski definition) is 0. The average molecular weight is 296 g/mol. The Hall–Kier alpha value is -1.40. The average Bonchev–Trinajstić information content (AvgIpc) is 3.09. The summed E-state index contributed by atoms with van der Waals surface area (Å²) in [6.45, 7) is 5.56. The van der Waals surface area contributed by atoms with E-state index in [1.807, 2.05) is 22.5 Å². The van der Waals surface area contributed by atoms with E-state index in [1.165, 1.54) is 0 Å². The monoisotopic (exact) mass is 295 g/mol. The van der Waals surface area contributed by atoms with E-state index in [1.54, 1.807) is 11.3 Å². The highest BCUT2D eigenvalue weighted by atomic mass is 35.5. The van der Waals surface area contributed by atoms with Crippen LogP contribution in [0.1, 0.15) is 24.1 Å². The van der Waals surface area contributed by atoms with Crippen molar-refractivity contribution in [2.75, 3.05) is 0 Å². The van der Waals surface area contributed by atoms with Crippen molar-refractivity contribution in [3.05, 3.63) is 28.1 Å². The number of aryl methyl sites for hydroxylation is 2. The van der Waals surface area contributed by atoms with E-state index >= 15 is 0 Å². The lowest BCUT2D eigenvalue weighted by molar-refractivity contribution is 0.636. The van der Waals surface area contributed by atoms with E-state index in [9.17, 15) is 0 Å². The maximum atomic E-state index is 6.02. The summed E-state index contributed by atoms with van der Waals surface area (Å²) in [5.74, 6) is 1.26. The van der Waals surface area contributed by atoms with Gasteiger partial charge < -0.3 is 4.57 Å². The molecule has 0 aliphatic heterocycles. The number of hydrogen-bond acceptors (Lipinski definition) is 4. The third kappa shape index (κ3) is 2.04. The standard InChI is InChI=1S/C12H14ClN5S/c1-3-18-12-11(8(2)16-18)15-10(4-13)17(12)5-9-6-19-7-14-9/h6-7H,3-5H2,1-2H3. The molecule has 3 aromatic heterocycles. The first-order valence-electron chi connectivity index (χ1n) is 6.10. The predicted molar refractivity (Wildman–Crippen MR) is 76.7 cm³/mol. The minimum Gasteiger partial charge on any atom is -0.306 e. The molecule has 0 saturated carbocycles. The molecule has 0 bridgehead atoms. The summed E-state index contributed by atoms with van der Waals surface area (Å²) in [5.41, 5.74) is 5.78. The summed E-state index contributed by atoms with van der Waals surface area (Å²) >= 11 is 7.61. The summed E-state index contributed by atoms with van der Waals surface area (Å²) in [5, 5.41) is 6.55. The molecule has 3 heterocycles.